The molecule has 1 aromatic rings. The number of ether oxygens (including phenoxy) is 2. The second-order valence-corrected chi connectivity index (χ2v) is 7.01. The maximum atomic E-state index is 11.3. The summed E-state index contributed by atoms with van der Waals surface area (Å²) in [7, 11) is 0. The van der Waals surface area contributed by atoms with Crippen LogP contribution in [0.4, 0.5) is 5.69 Å². The molecule has 4 N–H and O–H groups in total. The lowest BCUT2D eigenvalue weighted by atomic mass is 10.2. The number of carbonyl (C=O) groups is 4. The van der Waals surface area contributed by atoms with Gasteiger partial charge in [-0.15, -0.1) is 0 Å². The fourth-order valence-electron chi connectivity index (χ4n) is 3.02. The molecule has 0 bridgehead atoms. The molecule has 0 fully saturated rings. The maximum Gasteiger partial charge on any atom is 0.323 e. The summed E-state index contributed by atoms with van der Waals surface area (Å²) in [5, 5.41) is 36.6. The van der Waals surface area contributed by atoms with E-state index < -0.39 is 50.1 Å². The van der Waals surface area contributed by atoms with Gasteiger partial charge in [0.2, 0.25) is 0 Å². The van der Waals surface area contributed by atoms with Crippen LogP contribution in [0.2, 0.25) is 0 Å². The minimum Gasteiger partial charge on any atom is -0.488 e. The Bertz CT molecular complexity index is 999. The third kappa shape index (κ3) is 10.5. The van der Waals surface area contributed by atoms with Crippen LogP contribution in [0.3, 0.4) is 0 Å². The van der Waals surface area contributed by atoms with Crippen molar-refractivity contribution in [2.45, 2.75) is 0 Å². The summed E-state index contributed by atoms with van der Waals surface area (Å²) in [5.41, 5.74) is 0.398. The molecule has 0 unspecified atom stereocenters. The number of nitrogens with zero attached hydrogens (tertiary/aromatic N) is 2. The third-order valence-electron chi connectivity index (χ3n) is 4.25. The van der Waals surface area contributed by atoms with Gasteiger partial charge >= 0.3 is 23.9 Å². The molecular formula is C24H28N2O10. The summed E-state index contributed by atoms with van der Waals surface area (Å²) >= 11 is 0. The van der Waals surface area contributed by atoms with Crippen LogP contribution < -0.4 is 9.64 Å². The molecule has 0 amide bonds. The van der Waals surface area contributed by atoms with Crippen molar-refractivity contribution >= 4 is 29.6 Å². The Kier molecular flexibility index (Phi) is 12.4. The molecule has 0 atom stereocenters. The molecule has 0 spiro atoms. The van der Waals surface area contributed by atoms with Gasteiger partial charge in [-0.1, -0.05) is 37.4 Å². The fraction of sp³-hybridized carbons (Fsp3) is 0.250. The summed E-state index contributed by atoms with van der Waals surface area (Å²) in [6, 6.07) is 6.29. The van der Waals surface area contributed by atoms with E-state index in [0.29, 0.717) is 0 Å². The van der Waals surface area contributed by atoms with Gasteiger partial charge in [-0.2, -0.15) is 0 Å². The molecule has 194 valence electrons. The molecule has 0 aliphatic rings. The number of benzene rings is 1. The molecule has 0 radical (unpaired) electrons. The molecule has 0 aromatic heterocycles. The molecule has 0 saturated heterocycles. The zero-order chi connectivity index (χ0) is 27.1. The molecule has 1 aromatic carbocycles. The highest BCUT2D eigenvalue weighted by atomic mass is 16.5. The fourth-order valence-corrected chi connectivity index (χ4v) is 3.02. The highest BCUT2D eigenvalue weighted by Gasteiger charge is 2.21. The molecule has 36 heavy (non-hydrogen) atoms. The van der Waals surface area contributed by atoms with E-state index in [1.165, 1.54) is 36.4 Å². The van der Waals surface area contributed by atoms with E-state index in [1.54, 1.807) is 12.1 Å². The van der Waals surface area contributed by atoms with Crippen molar-refractivity contribution in [3.63, 3.8) is 0 Å². The van der Waals surface area contributed by atoms with Crippen LogP contribution in [0.5, 0.6) is 5.75 Å². The number of carboxylic acids is 4. The lowest BCUT2D eigenvalue weighted by Gasteiger charge is -2.26. The molecule has 0 aliphatic heterocycles. The van der Waals surface area contributed by atoms with Crippen LogP contribution in [0.1, 0.15) is 0 Å². The van der Waals surface area contributed by atoms with Gasteiger partial charge in [0.1, 0.15) is 50.9 Å². The van der Waals surface area contributed by atoms with Crippen LogP contribution in [0, 0.1) is 0 Å². The van der Waals surface area contributed by atoms with Crippen molar-refractivity contribution in [3.8, 4) is 5.75 Å². The van der Waals surface area contributed by atoms with Crippen molar-refractivity contribution in [3.05, 3.63) is 73.2 Å². The normalized spacial score (nSPS) is 11.2. The Labute approximate surface area is 207 Å². The van der Waals surface area contributed by atoms with Crippen LogP contribution in [0.15, 0.2) is 73.2 Å². The van der Waals surface area contributed by atoms with Crippen LogP contribution >= 0.6 is 0 Å². The number of hydrogen-bond donors (Lipinski definition) is 4. The van der Waals surface area contributed by atoms with Crippen molar-refractivity contribution in [2.75, 3.05) is 44.3 Å². The number of anilines is 1. The predicted molar refractivity (Wildman–Crippen MR) is 129 cm³/mol. The lowest BCUT2D eigenvalue weighted by Crippen LogP contribution is -2.35. The summed E-state index contributed by atoms with van der Waals surface area (Å²) in [4.78, 5) is 47.1. The monoisotopic (exact) mass is 504 g/mol. The molecular weight excluding hydrogens is 476 g/mol. The van der Waals surface area contributed by atoms with E-state index in [-0.39, 0.29) is 36.1 Å². The summed E-state index contributed by atoms with van der Waals surface area (Å²) < 4.78 is 11.4. The van der Waals surface area contributed by atoms with Crippen molar-refractivity contribution in [2.24, 2.45) is 0 Å². The first-order valence-electron chi connectivity index (χ1n) is 10.5. The minimum absolute atomic E-state index is 0.0707. The van der Waals surface area contributed by atoms with Gasteiger partial charge < -0.3 is 39.7 Å². The molecule has 12 heteroatoms. The second-order valence-electron chi connectivity index (χ2n) is 7.01. The van der Waals surface area contributed by atoms with E-state index in [0.717, 1.165) is 9.80 Å². The number of hydrogen-bond acceptors (Lipinski definition) is 8. The van der Waals surface area contributed by atoms with Crippen LogP contribution in [0.25, 0.3) is 0 Å². The Morgan fingerprint density at radius 3 is 1.81 bits per heavy atom. The highest BCUT2D eigenvalue weighted by Crippen LogP contribution is 2.28. The first-order chi connectivity index (χ1) is 17.1. The van der Waals surface area contributed by atoms with E-state index >= 15 is 0 Å². The smallest absolute Gasteiger partial charge is 0.323 e. The molecule has 0 aliphatic carbocycles. The molecule has 1 rings (SSSR count). The van der Waals surface area contributed by atoms with Crippen molar-refractivity contribution in [1.82, 2.24) is 4.90 Å². The topological polar surface area (TPSA) is 174 Å². The highest BCUT2D eigenvalue weighted by molar-refractivity contribution is 5.81. The van der Waals surface area contributed by atoms with Gasteiger partial charge in [0.15, 0.2) is 0 Å². The largest absolute Gasteiger partial charge is 0.488 e. The van der Waals surface area contributed by atoms with Gasteiger partial charge in [0.05, 0.1) is 11.4 Å². The first kappa shape index (κ1) is 29.3. The number of allylic oxidation sites excluding steroid dienone is 4. The Hall–Kier alpha value is -4.74. The summed E-state index contributed by atoms with van der Waals surface area (Å²) in [6.45, 7) is 4.64. The van der Waals surface area contributed by atoms with Gasteiger partial charge in [0, 0.05) is 0 Å². The predicted octanol–water partition coefficient (Wildman–Crippen LogP) is 1.67. The van der Waals surface area contributed by atoms with E-state index in [1.807, 2.05) is 0 Å². The number of para-hydroxylation sites is 2. The zero-order valence-electron chi connectivity index (χ0n) is 19.4. The Morgan fingerprint density at radius 2 is 1.31 bits per heavy atom. The van der Waals surface area contributed by atoms with Gasteiger partial charge in [0.25, 0.3) is 0 Å². The van der Waals surface area contributed by atoms with Crippen molar-refractivity contribution in [1.29, 1.82) is 0 Å². The summed E-state index contributed by atoms with van der Waals surface area (Å²) in [5.74, 6) is -4.61. The maximum absolute atomic E-state index is 11.3. The van der Waals surface area contributed by atoms with E-state index in [4.69, 9.17) is 19.7 Å². The molecule has 12 nitrogen and oxygen atoms in total. The Morgan fingerprint density at radius 1 is 0.778 bits per heavy atom. The van der Waals surface area contributed by atoms with Gasteiger partial charge in [-0.05, 0) is 24.3 Å². The second kappa shape index (κ2) is 15.2. The van der Waals surface area contributed by atoms with Crippen molar-refractivity contribution < 1.29 is 49.1 Å². The molecule has 0 heterocycles. The first-order valence-corrected chi connectivity index (χ1v) is 10.5. The number of carboxylic acid groups (broad SMARTS) is 4. The van der Waals surface area contributed by atoms with Gasteiger partial charge in [-0.3, -0.25) is 19.2 Å². The standard InChI is InChI=1S/C24H28N2O10/c1-3-7-17(25(13-21(27)28)14-22(29)30)19(8-4-2)35-11-12-36-20-10-6-5-9-18(20)26(15-23(31)32)16-24(33)34/h3-10H,1-2,11-16H2,(H,27,28)(H,29,30)(H,31,32)(H,33,34)/b17-7+,19-8+. The average molecular weight is 504 g/mol. The minimum atomic E-state index is -1.25. The van der Waals surface area contributed by atoms with Crippen LogP contribution in [-0.4, -0.2) is 88.6 Å². The SMILES string of the molecule is C=C/C=C(OCCOc1ccccc1N(CC(=O)O)CC(=O)O)\C(=C/C=C)N(CC(=O)O)CC(=O)O. The quantitative estimate of drug-likeness (QED) is 0.129. The summed E-state index contributed by atoms with van der Waals surface area (Å²) in [6.07, 6.45) is 5.53. The van der Waals surface area contributed by atoms with Crippen LogP contribution in [-0.2, 0) is 23.9 Å². The lowest BCUT2D eigenvalue weighted by molar-refractivity contribution is -0.141. The Balaban J connectivity index is 3.04. The average Bonchev–Trinajstić information content (AvgIpc) is 2.78. The van der Waals surface area contributed by atoms with E-state index in [2.05, 4.69) is 13.2 Å². The number of aliphatic carboxylic acids is 4. The van der Waals surface area contributed by atoms with E-state index in [9.17, 15) is 29.4 Å². The molecule has 0 saturated carbocycles. The van der Waals surface area contributed by atoms with Gasteiger partial charge in [-0.25, -0.2) is 0 Å². The zero-order valence-corrected chi connectivity index (χ0v) is 19.4. The number of rotatable bonds is 18. The third-order valence-corrected chi connectivity index (χ3v) is 4.25.